The fourth-order valence-electron chi connectivity index (χ4n) is 3.37. The molecule has 0 saturated carbocycles. The second kappa shape index (κ2) is 8.58. The lowest BCUT2D eigenvalue weighted by molar-refractivity contribution is -0.384. The highest BCUT2D eigenvalue weighted by molar-refractivity contribution is 5.92. The van der Waals surface area contributed by atoms with E-state index in [1.807, 2.05) is 6.07 Å². The van der Waals surface area contributed by atoms with E-state index in [-0.39, 0.29) is 11.6 Å². The molecule has 26 heavy (non-hydrogen) atoms. The Hall–Kier alpha value is -2.73. The molecule has 1 saturated heterocycles. The van der Waals surface area contributed by atoms with Crippen LogP contribution in [0, 0.1) is 16.0 Å². The van der Waals surface area contributed by atoms with Crippen molar-refractivity contribution in [1.29, 1.82) is 0 Å². The van der Waals surface area contributed by atoms with Gasteiger partial charge < -0.3 is 5.32 Å². The predicted molar refractivity (Wildman–Crippen MR) is 101 cm³/mol. The number of likely N-dealkylation sites (tertiary alicyclic amines) is 1. The Bertz CT molecular complexity index is 739. The number of nitro benzene ring substituents is 1. The van der Waals surface area contributed by atoms with Gasteiger partial charge in [0.25, 0.3) is 5.69 Å². The maximum Gasteiger partial charge on any atom is 0.269 e. The zero-order valence-electron chi connectivity index (χ0n) is 14.6. The molecule has 1 fully saturated rings. The number of benzene rings is 2. The second-order valence-electron chi connectivity index (χ2n) is 6.76. The third-order valence-electron chi connectivity index (χ3n) is 4.80. The molecule has 0 atom stereocenters. The minimum Gasteiger partial charge on any atom is -0.325 e. The lowest BCUT2D eigenvalue weighted by Gasteiger charge is -2.31. The average Bonchev–Trinajstić information content (AvgIpc) is 2.64. The number of non-ortho nitro benzene ring substituents is 1. The molecule has 0 bridgehead atoms. The Morgan fingerprint density at radius 1 is 1.08 bits per heavy atom. The van der Waals surface area contributed by atoms with Gasteiger partial charge in [-0.3, -0.25) is 19.8 Å². The summed E-state index contributed by atoms with van der Waals surface area (Å²) in [6.45, 7) is 2.20. The van der Waals surface area contributed by atoms with Crippen LogP contribution in [0.3, 0.4) is 0 Å². The molecule has 0 radical (unpaired) electrons. The Kier molecular flexibility index (Phi) is 5.96. The van der Waals surface area contributed by atoms with E-state index < -0.39 is 4.92 Å². The molecule has 0 spiro atoms. The van der Waals surface area contributed by atoms with E-state index in [1.54, 1.807) is 12.1 Å². The third-order valence-corrected chi connectivity index (χ3v) is 4.80. The highest BCUT2D eigenvalue weighted by Crippen LogP contribution is 2.21. The lowest BCUT2D eigenvalue weighted by atomic mass is 9.90. The monoisotopic (exact) mass is 353 g/mol. The number of piperidine rings is 1. The van der Waals surface area contributed by atoms with Crippen LogP contribution in [0.4, 0.5) is 11.4 Å². The van der Waals surface area contributed by atoms with Gasteiger partial charge in [0.05, 0.1) is 11.5 Å². The number of hydrogen-bond acceptors (Lipinski definition) is 4. The van der Waals surface area contributed by atoms with Crippen LogP contribution in [-0.4, -0.2) is 35.4 Å². The van der Waals surface area contributed by atoms with Crippen LogP contribution in [-0.2, 0) is 11.2 Å². The van der Waals surface area contributed by atoms with Gasteiger partial charge in [-0.25, -0.2) is 0 Å². The highest BCUT2D eigenvalue weighted by atomic mass is 16.6. The van der Waals surface area contributed by atoms with E-state index >= 15 is 0 Å². The number of nitrogens with one attached hydrogen (secondary N) is 1. The fourth-order valence-corrected chi connectivity index (χ4v) is 3.37. The molecule has 0 aromatic heterocycles. The van der Waals surface area contributed by atoms with Crippen molar-refractivity contribution in [1.82, 2.24) is 4.90 Å². The molecule has 1 aliphatic rings. The number of rotatable bonds is 6. The highest BCUT2D eigenvalue weighted by Gasteiger charge is 2.21. The minimum absolute atomic E-state index is 0.0171. The van der Waals surface area contributed by atoms with E-state index in [1.165, 1.54) is 17.7 Å². The van der Waals surface area contributed by atoms with Gasteiger partial charge in [-0.15, -0.1) is 0 Å². The van der Waals surface area contributed by atoms with Gasteiger partial charge in [0.1, 0.15) is 0 Å². The standard InChI is InChI=1S/C20H23N3O3/c24-20(21-18-6-8-19(9-7-18)23(25)26)15-22-12-10-17(11-13-22)14-16-4-2-1-3-5-16/h1-9,17H,10-15H2,(H,21,24). The molecule has 0 unspecified atom stereocenters. The maximum absolute atomic E-state index is 12.2. The molecule has 2 aromatic carbocycles. The largest absolute Gasteiger partial charge is 0.325 e. The van der Waals surface area contributed by atoms with Crippen molar-refractivity contribution in [3.63, 3.8) is 0 Å². The molecule has 136 valence electrons. The number of amides is 1. The van der Waals surface area contributed by atoms with Crippen LogP contribution < -0.4 is 5.32 Å². The molecule has 0 aliphatic carbocycles. The first kappa shape index (κ1) is 18.1. The van der Waals surface area contributed by atoms with Crippen LogP contribution in [0.15, 0.2) is 54.6 Å². The topological polar surface area (TPSA) is 75.5 Å². The van der Waals surface area contributed by atoms with Crippen molar-refractivity contribution < 1.29 is 9.72 Å². The number of anilines is 1. The van der Waals surface area contributed by atoms with Crippen molar-refractivity contribution in [2.45, 2.75) is 19.3 Å². The van der Waals surface area contributed by atoms with Crippen LogP contribution in [0.5, 0.6) is 0 Å². The summed E-state index contributed by atoms with van der Waals surface area (Å²) in [6, 6.07) is 16.4. The first-order chi connectivity index (χ1) is 12.6. The zero-order chi connectivity index (χ0) is 18.4. The molecule has 6 heteroatoms. The van der Waals surface area contributed by atoms with Crippen molar-refractivity contribution in [3.05, 3.63) is 70.3 Å². The predicted octanol–water partition coefficient (Wildman–Crippen LogP) is 3.49. The summed E-state index contributed by atoms with van der Waals surface area (Å²) >= 11 is 0. The first-order valence-electron chi connectivity index (χ1n) is 8.91. The van der Waals surface area contributed by atoms with Gasteiger partial charge in [0.2, 0.25) is 5.91 Å². The van der Waals surface area contributed by atoms with Gasteiger partial charge >= 0.3 is 0 Å². The van der Waals surface area contributed by atoms with Crippen molar-refractivity contribution >= 4 is 17.3 Å². The summed E-state index contributed by atoms with van der Waals surface area (Å²) in [6.07, 6.45) is 3.29. The summed E-state index contributed by atoms with van der Waals surface area (Å²) in [5.74, 6) is 0.590. The maximum atomic E-state index is 12.2. The fraction of sp³-hybridized carbons (Fsp3) is 0.350. The number of carbonyl (C=O) groups is 1. The van der Waals surface area contributed by atoms with Gasteiger partial charge in [-0.1, -0.05) is 30.3 Å². The molecule has 1 N–H and O–H groups in total. The average molecular weight is 353 g/mol. The number of hydrogen-bond donors (Lipinski definition) is 1. The third kappa shape index (κ3) is 5.13. The quantitative estimate of drug-likeness (QED) is 0.637. The molecule has 1 amide bonds. The van der Waals surface area contributed by atoms with Crippen LogP contribution in [0.2, 0.25) is 0 Å². The van der Waals surface area contributed by atoms with Crippen LogP contribution in [0.1, 0.15) is 18.4 Å². The second-order valence-corrected chi connectivity index (χ2v) is 6.76. The van der Waals surface area contributed by atoms with E-state index in [4.69, 9.17) is 0 Å². The normalized spacial score (nSPS) is 15.5. The van der Waals surface area contributed by atoms with Crippen molar-refractivity contribution in [2.75, 3.05) is 25.0 Å². The summed E-state index contributed by atoms with van der Waals surface area (Å²) in [5, 5.41) is 13.5. The Labute approximate surface area is 153 Å². The number of nitro groups is 1. The van der Waals surface area contributed by atoms with E-state index in [2.05, 4.69) is 34.5 Å². The van der Waals surface area contributed by atoms with Crippen molar-refractivity contribution in [2.24, 2.45) is 5.92 Å². The number of nitrogens with zero attached hydrogens (tertiary/aromatic N) is 2. The summed E-state index contributed by atoms with van der Waals surface area (Å²) in [4.78, 5) is 24.6. The van der Waals surface area contributed by atoms with Crippen molar-refractivity contribution in [3.8, 4) is 0 Å². The van der Waals surface area contributed by atoms with E-state index in [0.29, 0.717) is 18.2 Å². The van der Waals surface area contributed by atoms with Gasteiger partial charge in [-0.2, -0.15) is 0 Å². The lowest BCUT2D eigenvalue weighted by Crippen LogP contribution is -2.39. The molecule has 6 nitrogen and oxygen atoms in total. The van der Waals surface area contributed by atoms with E-state index in [9.17, 15) is 14.9 Å². The Morgan fingerprint density at radius 3 is 2.35 bits per heavy atom. The number of carbonyl (C=O) groups excluding carboxylic acids is 1. The minimum atomic E-state index is -0.453. The SMILES string of the molecule is O=C(CN1CCC(Cc2ccccc2)CC1)Nc1ccc([N+](=O)[O-])cc1. The van der Waals surface area contributed by atoms with Gasteiger partial charge in [0.15, 0.2) is 0 Å². The van der Waals surface area contributed by atoms with Gasteiger partial charge in [-0.05, 0) is 56.0 Å². The molecule has 1 aliphatic heterocycles. The molecular formula is C20H23N3O3. The van der Waals surface area contributed by atoms with Crippen LogP contribution >= 0.6 is 0 Å². The Morgan fingerprint density at radius 2 is 1.73 bits per heavy atom. The molecule has 2 aromatic rings. The zero-order valence-corrected chi connectivity index (χ0v) is 14.6. The summed E-state index contributed by atoms with van der Waals surface area (Å²) in [7, 11) is 0. The van der Waals surface area contributed by atoms with E-state index in [0.717, 1.165) is 32.4 Å². The molecule has 1 heterocycles. The summed E-state index contributed by atoms with van der Waals surface area (Å²) < 4.78 is 0. The van der Waals surface area contributed by atoms with Crippen LogP contribution in [0.25, 0.3) is 0 Å². The molecular weight excluding hydrogens is 330 g/mol. The first-order valence-corrected chi connectivity index (χ1v) is 8.91. The Balaban J connectivity index is 1.42. The summed E-state index contributed by atoms with van der Waals surface area (Å²) in [5.41, 5.74) is 1.98. The van der Waals surface area contributed by atoms with Gasteiger partial charge in [0, 0.05) is 17.8 Å². The smallest absolute Gasteiger partial charge is 0.269 e. The molecule has 3 rings (SSSR count).